The summed E-state index contributed by atoms with van der Waals surface area (Å²) >= 11 is 0. The lowest BCUT2D eigenvalue weighted by molar-refractivity contribution is -0.138. The second kappa shape index (κ2) is 6.17. The van der Waals surface area contributed by atoms with Gasteiger partial charge in [0.2, 0.25) is 0 Å². The number of ether oxygens (including phenoxy) is 2. The van der Waals surface area contributed by atoms with Gasteiger partial charge in [0.05, 0.1) is 17.7 Å². The Hall–Kier alpha value is -2.12. The number of rotatable bonds is 4. The van der Waals surface area contributed by atoms with Crippen LogP contribution < -0.4 is 4.74 Å². The molecule has 3 nitrogen and oxygen atoms in total. The van der Waals surface area contributed by atoms with Crippen LogP contribution in [0.4, 0.5) is 22.0 Å². The second-order valence-corrected chi connectivity index (χ2v) is 4.92. The zero-order chi connectivity index (χ0) is 17.3. The van der Waals surface area contributed by atoms with Gasteiger partial charge in [0.25, 0.3) is 0 Å². The van der Waals surface area contributed by atoms with Gasteiger partial charge in [-0.2, -0.15) is 13.2 Å². The first-order valence-corrected chi connectivity index (χ1v) is 6.69. The molecular weight excluding hydrogens is 323 g/mol. The number of carbonyl (C=O) groups excluding carboxylic acids is 1. The van der Waals surface area contributed by atoms with Crippen LogP contribution in [0.3, 0.4) is 0 Å². The van der Waals surface area contributed by atoms with E-state index in [1.807, 2.05) is 0 Å². The van der Waals surface area contributed by atoms with Crippen LogP contribution in [0.25, 0.3) is 5.57 Å². The summed E-state index contributed by atoms with van der Waals surface area (Å²) in [5, 5.41) is 0. The van der Waals surface area contributed by atoms with Crippen LogP contribution >= 0.6 is 0 Å². The van der Waals surface area contributed by atoms with Crippen molar-refractivity contribution in [2.75, 3.05) is 20.0 Å². The molecule has 1 aliphatic heterocycles. The average Bonchev–Trinajstić information content (AvgIpc) is 2.52. The lowest BCUT2D eigenvalue weighted by Gasteiger charge is -2.32. The molecule has 0 aliphatic carbocycles. The molecule has 0 fully saturated rings. The van der Waals surface area contributed by atoms with Gasteiger partial charge in [0.15, 0.2) is 5.60 Å². The highest BCUT2D eigenvalue weighted by molar-refractivity contribution is 6.18. The Morgan fingerprint density at radius 1 is 1.26 bits per heavy atom. The third kappa shape index (κ3) is 3.30. The first kappa shape index (κ1) is 17.2. The van der Waals surface area contributed by atoms with Gasteiger partial charge in [-0.25, -0.2) is 13.6 Å². The van der Waals surface area contributed by atoms with Gasteiger partial charge < -0.3 is 9.47 Å². The van der Waals surface area contributed by atoms with Crippen molar-refractivity contribution in [2.24, 2.45) is 0 Å². The van der Waals surface area contributed by atoms with E-state index in [0.29, 0.717) is 12.1 Å². The SMILES string of the molecule is CCOC(=O)C1=CC(CF)(CF)Oc2ccc(C(F)(F)F)cc21. The minimum absolute atomic E-state index is 0.0381. The Morgan fingerprint density at radius 3 is 2.43 bits per heavy atom. The molecular formula is C15H13F5O3. The molecule has 1 aliphatic rings. The molecule has 126 valence electrons. The van der Waals surface area contributed by atoms with Crippen LogP contribution in [0, 0.1) is 0 Å². The molecule has 0 saturated heterocycles. The summed E-state index contributed by atoms with van der Waals surface area (Å²) in [4.78, 5) is 12.0. The molecule has 0 bridgehead atoms. The van der Waals surface area contributed by atoms with Crippen LogP contribution in [0.1, 0.15) is 18.1 Å². The van der Waals surface area contributed by atoms with Gasteiger partial charge in [-0.3, -0.25) is 0 Å². The highest BCUT2D eigenvalue weighted by Gasteiger charge is 2.40. The molecule has 0 unspecified atom stereocenters. The molecule has 0 amide bonds. The van der Waals surface area contributed by atoms with Crippen molar-refractivity contribution < 1.29 is 36.2 Å². The van der Waals surface area contributed by atoms with Crippen LogP contribution in [-0.4, -0.2) is 31.5 Å². The summed E-state index contributed by atoms with van der Waals surface area (Å²) in [6.45, 7) is -1.11. The predicted octanol–water partition coefficient (Wildman–Crippen LogP) is 3.72. The van der Waals surface area contributed by atoms with Crippen molar-refractivity contribution in [1.29, 1.82) is 0 Å². The van der Waals surface area contributed by atoms with E-state index in [-0.39, 0.29) is 23.5 Å². The van der Waals surface area contributed by atoms with Gasteiger partial charge in [-0.1, -0.05) is 0 Å². The zero-order valence-corrected chi connectivity index (χ0v) is 12.0. The van der Waals surface area contributed by atoms with Crippen molar-refractivity contribution >= 4 is 11.5 Å². The number of carbonyl (C=O) groups is 1. The third-order valence-electron chi connectivity index (χ3n) is 3.27. The van der Waals surface area contributed by atoms with E-state index in [9.17, 15) is 26.7 Å². The van der Waals surface area contributed by atoms with Gasteiger partial charge in [0.1, 0.15) is 19.1 Å². The maximum atomic E-state index is 13.2. The molecule has 1 aromatic carbocycles. The lowest BCUT2D eigenvalue weighted by atomic mass is 9.92. The fourth-order valence-corrected chi connectivity index (χ4v) is 2.14. The number of fused-ring (bicyclic) bond motifs is 1. The zero-order valence-electron chi connectivity index (χ0n) is 12.0. The Labute approximate surface area is 128 Å². The Balaban J connectivity index is 2.60. The summed E-state index contributed by atoms with van der Waals surface area (Å²) in [6.07, 6.45) is -3.79. The lowest BCUT2D eigenvalue weighted by Crippen LogP contribution is -2.42. The summed E-state index contributed by atoms with van der Waals surface area (Å²) in [5.74, 6) is -1.18. The van der Waals surface area contributed by atoms with Crippen LogP contribution in [-0.2, 0) is 15.7 Å². The maximum Gasteiger partial charge on any atom is 0.416 e. The van der Waals surface area contributed by atoms with Gasteiger partial charge in [0, 0.05) is 5.56 Å². The van der Waals surface area contributed by atoms with Gasteiger partial charge >= 0.3 is 12.1 Å². The van der Waals surface area contributed by atoms with E-state index in [4.69, 9.17) is 9.47 Å². The fourth-order valence-electron chi connectivity index (χ4n) is 2.14. The summed E-state index contributed by atoms with van der Waals surface area (Å²) in [6, 6.07) is 2.34. The number of benzene rings is 1. The quantitative estimate of drug-likeness (QED) is 0.621. The molecule has 0 aromatic heterocycles. The molecule has 1 heterocycles. The summed E-state index contributed by atoms with van der Waals surface area (Å²) < 4.78 is 74.7. The van der Waals surface area contributed by atoms with Crippen LogP contribution in [0.2, 0.25) is 0 Å². The number of alkyl halides is 5. The number of hydrogen-bond donors (Lipinski definition) is 0. The fraction of sp³-hybridized carbons (Fsp3) is 0.400. The first-order valence-electron chi connectivity index (χ1n) is 6.69. The van der Waals surface area contributed by atoms with Crippen LogP contribution in [0.5, 0.6) is 5.75 Å². The molecule has 0 N–H and O–H groups in total. The van der Waals surface area contributed by atoms with E-state index in [2.05, 4.69) is 0 Å². The molecule has 0 radical (unpaired) electrons. The molecule has 2 rings (SSSR count). The molecule has 23 heavy (non-hydrogen) atoms. The summed E-state index contributed by atoms with van der Waals surface area (Å²) in [7, 11) is 0. The van der Waals surface area contributed by atoms with Crippen molar-refractivity contribution in [2.45, 2.75) is 18.7 Å². The van der Waals surface area contributed by atoms with Gasteiger partial charge in [-0.05, 0) is 31.2 Å². The van der Waals surface area contributed by atoms with Gasteiger partial charge in [-0.15, -0.1) is 0 Å². The number of halogens is 5. The smallest absolute Gasteiger partial charge is 0.416 e. The van der Waals surface area contributed by atoms with Crippen LogP contribution in [0.15, 0.2) is 24.3 Å². The molecule has 1 aromatic rings. The first-order chi connectivity index (χ1) is 10.8. The third-order valence-corrected chi connectivity index (χ3v) is 3.27. The second-order valence-electron chi connectivity index (χ2n) is 4.92. The average molecular weight is 336 g/mol. The largest absolute Gasteiger partial charge is 0.477 e. The normalized spacial score (nSPS) is 16.2. The highest BCUT2D eigenvalue weighted by Crippen LogP contribution is 2.41. The van der Waals surface area contributed by atoms with E-state index < -0.39 is 36.7 Å². The highest BCUT2D eigenvalue weighted by atomic mass is 19.4. The predicted molar refractivity (Wildman–Crippen MR) is 71.4 cm³/mol. The molecule has 0 saturated carbocycles. The number of hydrogen-bond acceptors (Lipinski definition) is 3. The molecule has 8 heteroatoms. The van der Waals surface area contributed by atoms with E-state index in [1.54, 1.807) is 0 Å². The van der Waals surface area contributed by atoms with E-state index in [1.165, 1.54) is 6.92 Å². The minimum Gasteiger partial charge on any atom is -0.477 e. The van der Waals surface area contributed by atoms with Crippen molar-refractivity contribution in [1.82, 2.24) is 0 Å². The standard InChI is InChI=1S/C15H13F5O3/c1-2-22-13(21)11-6-14(7-16,8-17)23-12-4-3-9(5-10(11)12)15(18,19)20/h3-6H,2,7-8H2,1H3. The Morgan fingerprint density at radius 2 is 1.91 bits per heavy atom. The van der Waals surface area contributed by atoms with Crippen molar-refractivity contribution in [3.63, 3.8) is 0 Å². The summed E-state index contributed by atoms with van der Waals surface area (Å²) in [5.41, 5.74) is -3.62. The minimum atomic E-state index is -4.64. The van der Waals surface area contributed by atoms with E-state index in [0.717, 1.165) is 12.1 Å². The number of esters is 1. The monoisotopic (exact) mass is 336 g/mol. The van der Waals surface area contributed by atoms with Crippen molar-refractivity contribution in [3.8, 4) is 5.75 Å². The topological polar surface area (TPSA) is 35.5 Å². The van der Waals surface area contributed by atoms with E-state index >= 15 is 0 Å². The molecule has 0 atom stereocenters. The molecule has 0 spiro atoms. The maximum absolute atomic E-state index is 13.2. The Kier molecular flexibility index (Phi) is 4.63. The van der Waals surface area contributed by atoms with Crippen molar-refractivity contribution in [3.05, 3.63) is 35.4 Å². The Bertz CT molecular complexity index is 632.